The molecule has 0 aliphatic rings. The summed E-state index contributed by atoms with van der Waals surface area (Å²) in [5.74, 6) is -0.697. The lowest BCUT2D eigenvalue weighted by atomic mass is 10.3. The summed E-state index contributed by atoms with van der Waals surface area (Å²) in [5, 5.41) is 12.9. The van der Waals surface area contributed by atoms with Crippen LogP contribution in [0.2, 0.25) is 0 Å². The first-order valence-electron chi connectivity index (χ1n) is 6.28. The minimum Gasteiger partial charge on any atom is -0.395 e. The third kappa shape index (κ3) is 3.46. The van der Waals surface area contributed by atoms with E-state index in [-0.39, 0.29) is 17.2 Å². The van der Waals surface area contributed by atoms with Crippen LogP contribution in [0.1, 0.15) is 12.5 Å². The van der Waals surface area contributed by atoms with E-state index in [1.54, 1.807) is 12.4 Å². The highest BCUT2D eigenvalue weighted by Crippen LogP contribution is 2.18. The molecule has 0 fully saturated rings. The van der Waals surface area contributed by atoms with Crippen molar-refractivity contribution in [1.29, 1.82) is 0 Å². The number of aliphatic hydroxyl groups excluding tert-OH is 1. The molecule has 1 aromatic carbocycles. The monoisotopic (exact) mass is 313 g/mol. The molecular weight excluding hydrogens is 297 g/mol. The Hall–Kier alpha value is -1.77. The van der Waals surface area contributed by atoms with Gasteiger partial charge in [-0.15, -0.1) is 0 Å². The smallest absolute Gasteiger partial charge is 0.240 e. The Balaban J connectivity index is 2.35. The number of nitrogens with zero attached hydrogens (tertiary/aromatic N) is 2. The first-order chi connectivity index (χ1) is 9.83. The molecule has 8 heteroatoms. The summed E-state index contributed by atoms with van der Waals surface area (Å²) in [6.07, 6.45) is 3.22. The molecule has 6 nitrogen and oxygen atoms in total. The van der Waals surface area contributed by atoms with Crippen molar-refractivity contribution in [3.63, 3.8) is 0 Å². The summed E-state index contributed by atoms with van der Waals surface area (Å²) in [6, 6.07) is 2.92. The summed E-state index contributed by atoms with van der Waals surface area (Å²) in [4.78, 5) is -0.201. The van der Waals surface area contributed by atoms with E-state index >= 15 is 0 Å². The van der Waals surface area contributed by atoms with E-state index < -0.39 is 21.9 Å². The van der Waals surface area contributed by atoms with Gasteiger partial charge in [-0.2, -0.15) is 5.10 Å². The van der Waals surface area contributed by atoms with Gasteiger partial charge in [0.05, 0.1) is 17.7 Å². The maximum Gasteiger partial charge on any atom is 0.240 e. The van der Waals surface area contributed by atoms with Crippen molar-refractivity contribution in [3.05, 3.63) is 42.0 Å². The van der Waals surface area contributed by atoms with Gasteiger partial charge in [-0.25, -0.2) is 22.2 Å². The van der Waals surface area contributed by atoms with Gasteiger partial charge in [0.15, 0.2) is 0 Å². The standard InChI is InChI=1S/C13H16FN3O3S/c1-9-6-15-17(7-9)13-4-3-11(5-12(13)14)21(19,20)16-10(2)8-18/h3-7,10,16,18H,8H2,1-2H3/t10-/m1/s1. The molecule has 1 atom stereocenters. The van der Waals surface area contributed by atoms with Gasteiger partial charge in [-0.1, -0.05) is 0 Å². The molecule has 2 rings (SSSR count). The predicted octanol–water partition coefficient (Wildman–Crippen LogP) is 0.979. The minimum atomic E-state index is -3.87. The summed E-state index contributed by atoms with van der Waals surface area (Å²) >= 11 is 0. The zero-order valence-corrected chi connectivity index (χ0v) is 12.4. The Bertz CT molecular complexity index is 743. The molecule has 0 aliphatic heterocycles. The van der Waals surface area contributed by atoms with Gasteiger partial charge in [-0.3, -0.25) is 0 Å². The maximum atomic E-state index is 14.1. The fourth-order valence-electron chi connectivity index (χ4n) is 1.76. The molecule has 2 aromatic rings. The Morgan fingerprint density at radius 3 is 2.71 bits per heavy atom. The van der Waals surface area contributed by atoms with Crippen molar-refractivity contribution >= 4 is 10.0 Å². The van der Waals surface area contributed by atoms with Crippen LogP contribution >= 0.6 is 0 Å². The second-order valence-electron chi connectivity index (χ2n) is 4.78. The molecule has 0 amide bonds. The van der Waals surface area contributed by atoms with E-state index in [0.29, 0.717) is 0 Å². The van der Waals surface area contributed by atoms with Crippen molar-refractivity contribution in [2.45, 2.75) is 24.8 Å². The van der Waals surface area contributed by atoms with Crippen LogP contribution in [0.5, 0.6) is 0 Å². The van der Waals surface area contributed by atoms with Gasteiger partial charge >= 0.3 is 0 Å². The Morgan fingerprint density at radius 2 is 2.19 bits per heavy atom. The third-order valence-electron chi connectivity index (χ3n) is 2.82. The molecule has 0 bridgehead atoms. The van der Waals surface area contributed by atoms with Crippen LogP contribution in [-0.4, -0.2) is 36.0 Å². The average Bonchev–Trinajstić information content (AvgIpc) is 2.84. The largest absolute Gasteiger partial charge is 0.395 e. The number of hydrogen-bond acceptors (Lipinski definition) is 4. The zero-order chi connectivity index (χ0) is 15.6. The van der Waals surface area contributed by atoms with Crippen LogP contribution in [0.25, 0.3) is 5.69 Å². The highest BCUT2D eigenvalue weighted by molar-refractivity contribution is 7.89. The molecule has 21 heavy (non-hydrogen) atoms. The molecule has 0 spiro atoms. The highest BCUT2D eigenvalue weighted by Gasteiger charge is 2.19. The van der Waals surface area contributed by atoms with Crippen molar-refractivity contribution in [2.24, 2.45) is 0 Å². The average molecular weight is 313 g/mol. The minimum absolute atomic E-state index is 0.164. The second kappa shape index (κ2) is 5.92. The van der Waals surface area contributed by atoms with Crippen LogP contribution < -0.4 is 4.72 Å². The number of benzene rings is 1. The van der Waals surface area contributed by atoms with Gasteiger partial charge in [0, 0.05) is 12.2 Å². The van der Waals surface area contributed by atoms with Crippen molar-refractivity contribution in [3.8, 4) is 5.69 Å². The Morgan fingerprint density at radius 1 is 1.48 bits per heavy atom. The molecule has 1 aromatic heterocycles. The van der Waals surface area contributed by atoms with Crippen LogP contribution in [0.3, 0.4) is 0 Å². The molecule has 0 unspecified atom stereocenters. The predicted molar refractivity (Wildman–Crippen MR) is 75.1 cm³/mol. The Kier molecular flexibility index (Phi) is 4.40. The SMILES string of the molecule is Cc1cnn(-c2ccc(S(=O)(=O)N[C@H](C)CO)cc2F)c1. The number of hydrogen-bond donors (Lipinski definition) is 2. The van der Waals surface area contributed by atoms with Crippen molar-refractivity contribution < 1.29 is 17.9 Å². The second-order valence-corrected chi connectivity index (χ2v) is 6.49. The van der Waals surface area contributed by atoms with Crippen molar-refractivity contribution in [1.82, 2.24) is 14.5 Å². The van der Waals surface area contributed by atoms with E-state index in [1.807, 2.05) is 6.92 Å². The van der Waals surface area contributed by atoms with Crippen LogP contribution in [0.15, 0.2) is 35.5 Å². The van der Waals surface area contributed by atoms with E-state index in [9.17, 15) is 12.8 Å². The molecule has 0 aliphatic carbocycles. The van der Waals surface area contributed by atoms with Crippen molar-refractivity contribution in [2.75, 3.05) is 6.61 Å². The van der Waals surface area contributed by atoms with Crippen LogP contribution in [0.4, 0.5) is 4.39 Å². The number of nitrogens with one attached hydrogen (secondary N) is 1. The number of aliphatic hydroxyl groups is 1. The lowest BCUT2D eigenvalue weighted by Crippen LogP contribution is -2.35. The van der Waals surface area contributed by atoms with E-state index in [0.717, 1.165) is 11.6 Å². The lowest BCUT2D eigenvalue weighted by Gasteiger charge is -2.12. The molecular formula is C13H16FN3O3S. The van der Waals surface area contributed by atoms with Gasteiger partial charge in [-0.05, 0) is 37.6 Å². The number of sulfonamides is 1. The molecule has 0 radical (unpaired) electrons. The molecule has 0 saturated carbocycles. The fraction of sp³-hybridized carbons (Fsp3) is 0.308. The lowest BCUT2D eigenvalue weighted by molar-refractivity contribution is 0.265. The molecule has 114 valence electrons. The third-order valence-corrected chi connectivity index (χ3v) is 4.41. The normalized spacial score (nSPS) is 13.3. The molecule has 2 N–H and O–H groups in total. The molecule has 1 heterocycles. The number of aromatic nitrogens is 2. The summed E-state index contributed by atoms with van der Waals surface area (Å²) in [6.45, 7) is 2.99. The summed E-state index contributed by atoms with van der Waals surface area (Å²) in [5.41, 5.74) is 1.03. The number of halogens is 1. The Labute approximate surface area is 122 Å². The van der Waals surface area contributed by atoms with E-state index in [1.165, 1.54) is 23.7 Å². The van der Waals surface area contributed by atoms with Gasteiger partial charge < -0.3 is 5.11 Å². The topological polar surface area (TPSA) is 84.2 Å². The first-order valence-corrected chi connectivity index (χ1v) is 7.76. The first kappa shape index (κ1) is 15.6. The van der Waals surface area contributed by atoms with Gasteiger partial charge in [0.25, 0.3) is 0 Å². The van der Waals surface area contributed by atoms with Crippen LogP contribution in [-0.2, 0) is 10.0 Å². The number of rotatable bonds is 5. The fourth-order valence-corrected chi connectivity index (χ4v) is 3.00. The van der Waals surface area contributed by atoms with Gasteiger partial charge in [0.1, 0.15) is 11.5 Å². The maximum absolute atomic E-state index is 14.1. The highest BCUT2D eigenvalue weighted by atomic mass is 32.2. The van der Waals surface area contributed by atoms with E-state index in [2.05, 4.69) is 9.82 Å². The van der Waals surface area contributed by atoms with Crippen LogP contribution in [0, 0.1) is 12.7 Å². The summed E-state index contributed by atoms with van der Waals surface area (Å²) < 4.78 is 41.7. The zero-order valence-electron chi connectivity index (χ0n) is 11.6. The number of aryl methyl sites for hydroxylation is 1. The quantitative estimate of drug-likeness (QED) is 0.862. The molecule has 0 saturated heterocycles. The van der Waals surface area contributed by atoms with Gasteiger partial charge in [0.2, 0.25) is 10.0 Å². The summed E-state index contributed by atoms with van der Waals surface area (Å²) in [7, 11) is -3.87. The van der Waals surface area contributed by atoms with E-state index in [4.69, 9.17) is 5.11 Å².